The van der Waals surface area contributed by atoms with E-state index >= 15 is 0 Å². The fraction of sp³-hybridized carbons (Fsp3) is 0.188. The maximum Gasteiger partial charge on any atom is 0.339 e. The molecule has 0 saturated heterocycles. The summed E-state index contributed by atoms with van der Waals surface area (Å²) in [4.78, 5) is 19.1. The predicted octanol–water partition coefficient (Wildman–Crippen LogP) is 3.89. The molecule has 7 heteroatoms. The summed E-state index contributed by atoms with van der Waals surface area (Å²) in [7, 11) is 0. The first-order valence-electron chi connectivity index (χ1n) is 6.72. The summed E-state index contributed by atoms with van der Waals surface area (Å²) in [5.41, 5.74) is 0.443. The summed E-state index contributed by atoms with van der Waals surface area (Å²) < 4.78 is 39.1. The van der Waals surface area contributed by atoms with Crippen molar-refractivity contribution in [2.75, 3.05) is 0 Å². The van der Waals surface area contributed by atoms with E-state index in [4.69, 9.17) is 5.11 Å². The molecule has 0 bridgehead atoms. The highest BCUT2D eigenvalue weighted by Crippen LogP contribution is 2.18. The Morgan fingerprint density at radius 3 is 2.30 bits per heavy atom. The van der Waals surface area contributed by atoms with E-state index in [1.54, 1.807) is 13.8 Å². The molecule has 1 aromatic heterocycles. The lowest BCUT2D eigenvalue weighted by molar-refractivity contribution is 0.0694. The van der Waals surface area contributed by atoms with Gasteiger partial charge in [0.15, 0.2) is 23.3 Å². The van der Waals surface area contributed by atoms with Gasteiger partial charge in [0, 0.05) is 6.20 Å². The van der Waals surface area contributed by atoms with Crippen LogP contribution in [-0.2, 0) is 0 Å². The Bertz CT molecular complexity index is 766. The van der Waals surface area contributed by atoms with E-state index < -0.39 is 23.4 Å². The standard InChI is InChI=1S/C16H13F3N2O2/c1-8(2)15-10(16(22)23)7-20-13(21-15)4-3-9-5-11(17)14(19)12(18)6-9/h3-8H,1-2H3,(H,22,23)/b4-3+. The molecule has 2 rings (SSSR count). The Balaban J connectivity index is 2.37. The van der Waals surface area contributed by atoms with Gasteiger partial charge in [0.25, 0.3) is 0 Å². The molecular formula is C16H13F3N2O2. The number of halogens is 3. The maximum atomic E-state index is 13.1. The van der Waals surface area contributed by atoms with Crippen molar-refractivity contribution in [3.8, 4) is 0 Å². The number of benzene rings is 1. The van der Waals surface area contributed by atoms with Gasteiger partial charge in [0.2, 0.25) is 0 Å². The molecule has 2 aromatic rings. The third-order valence-corrected chi connectivity index (χ3v) is 3.05. The van der Waals surface area contributed by atoms with E-state index in [0.29, 0.717) is 5.69 Å². The van der Waals surface area contributed by atoms with Crippen LogP contribution in [0.4, 0.5) is 13.2 Å². The molecule has 0 unspecified atom stereocenters. The molecule has 120 valence electrons. The van der Waals surface area contributed by atoms with Gasteiger partial charge in [-0.05, 0) is 29.7 Å². The third-order valence-electron chi connectivity index (χ3n) is 3.05. The van der Waals surface area contributed by atoms with Crippen LogP contribution in [0, 0.1) is 17.5 Å². The van der Waals surface area contributed by atoms with Crippen molar-refractivity contribution in [3.05, 3.63) is 58.4 Å². The number of hydrogen-bond acceptors (Lipinski definition) is 3. The SMILES string of the molecule is CC(C)c1nc(/C=C/c2cc(F)c(F)c(F)c2)ncc1C(=O)O. The molecule has 1 N–H and O–H groups in total. The normalized spacial score (nSPS) is 11.4. The number of hydrogen-bond donors (Lipinski definition) is 1. The molecule has 0 spiro atoms. The third kappa shape index (κ3) is 3.74. The summed E-state index contributed by atoms with van der Waals surface area (Å²) in [6, 6.07) is 1.67. The van der Waals surface area contributed by atoms with Gasteiger partial charge >= 0.3 is 5.97 Å². The van der Waals surface area contributed by atoms with Gasteiger partial charge in [-0.1, -0.05) is 19.9 Å². The first-order valence-corrected chi connectivity index (χ1v) is 6.72. The minimum absolute atomic E-state index is 0.00368. The van der Waals surface area contributed by atoms with Gasteiger partial charge in [-0.15, -0.1) is 0 Å². The van der Waals surface area contributed by atoms with Gasteiger partial charge in [-0.2, -0.15) is 0 Å². The molecule has 4 nitrogen and oxygen atoms in total. The molecule has 0 aliphatic carbocycles. The summed E-state index contributed by atoms with van der Waals surface area (Å²) in [6.07, 6.45) is 3.85. The monoisotopic (exact) mass is 322 g/mol. The van der Waals surface area contributed by atoms with Crippen LogP contribution < -0.4 is 0 Å². The fourth-order valence-electron chi connectivity index (χ4n) is 1.94. The molecule has 1 aromatic carbocycles. The highest BCUT2D eigenvalue weighted by molar-refractivity contribution is 5.88. The summed E-state index contributed by atoms with van der Waals surface area (Å²) in [6.45, 7) is 3.57. The first kappa shape index (κ1) is 16.7. The minimum atomic E-state index is -1.54. The lowest BCUT2D eigenvalue weighted by Gasteiger charge is -2.08. The van der Waals surface area contributed by atoms with Crippen LogP contribution in [0.5, 0.6) is 0 Å². The molecule has 0 radical (unpaired) electrons. The molecule has 0 fully saturated rings. The Morgan fingerprint density at radius 1 is 1.17 bits per heavy atom. The van der Waals surface area contributed by atoms with Crippen LogP contribution in [0.15, 0.2) is 18.3 Å². The zero-order valence-corrected chi connectivity index (χ0v) is 12.3. The second-order valence-electron chi connectivity index (χ2n) is 5.12. The van der Waals surface area contributed by atoms with Gasteiger partial charge in [-0.3, -0.25) is 0 Å². The quantitative estimate of drug-likeness (QED) is 0.868. The Kier molecular flexibility index (Phi) is 4.78. The van der Waals surface area contributed by atoms with Crippen LogP contribution in [-0.4, -0.2) is 21.0 Å². The highest BCUT2D eigenvalue weighted by Gasteiger charge is 2.15. The van der Waals surface area contributed by atoms with Crippen LogP contribution in [0.2, 0.25) is 0 Å². The largest absolute Gasteiger partial charge is 0.478 e. The van der Waals surface area contributed by atoms with E-state index in [2.05, 4.69) is 9.97 Å². The number of carbonyl (C=O) groups is 1. The number of aromatic carboxylic acids is 1. The van der Waals surface area contributed by atoms with Gasteiger partial charge < -0.3 is 5.11 Å². The summed E-state index contributed by atoms with van der Waals surface area (Å²) in [5, 5.41) is 9.08. The molecule has 23 heavy (non-hydrogen) atoms. The lowest BCUT2D eigenvalue weighted by atomic mass is 10.1. The topological polar surface area (TPSA) is 63.1 Å². The zero-order valence-electron chi connectivity index (χ0n) is 12.3. The van der Waals surface area contributed by atoms with E-state index in [9.17, 15) is 18.0 Å². The van der Waals surface area contributed by atoms with E-state index in [1.165, 1.54) is 18.3 Å². The molecular weight excluding hydrogens is 309 g/mol. The lowest BCUT2D eigenvalue weighted by Crippen LogP contribution is -2.08. The number of carboxylic acid groups (broad SMARTS) is 1. The molecule has 0 saturated carbocycles. The van der Waals surface area contributed by atoms with Crippen molar-refractivity contribution in [1.82, 2.24) is 9.97 Å². The van der Waals surface area contributed by atoms with Gasteiger partial charge in [0.05, 0.1) is 11.3 Å². The predicted molar refractivity (Wildman–Crippen MR) is 78.3 cm³/mol. The maximum absolute atomic E-state index is 13.1. The highest BCUT2D eigenvalue weighted by atomic mass is 19.2. The Morgan fingerprint density at radius 2 is 1.78 bits per heavy atom. The molecule has 0 aliphatic heterocycles. The van der Waals surface area contributed by atoms with Gasteiger partial charge in [-0.25, -0.2) is 27.9 Å². The number of nitrogens with zero attached hydrogens (tertiary/aromatic N) is 2. The van der Waals surface area contributed by atoms with Crippen molar-refractivity contribution in [3.63, 3.8) is 0 Å². The molecule has 0 amide bonds. The average Bonchev–Trinajstić information content (AvgIpc) is 2.49. The van der Waals surface area contributed by atoms with Crippen molar-refractivity contribution < 1.29 is 23.1 Å². The first-order chi connectivity index (χ1) is 10.8. The van der Waals surface area contributed by atoms with Crippen LogP contribution in [0.1, 0.15) is 47.2 Å². The molecule has 0 aliphatic rings. The van der Waals surface area contributed by atoms with Crippen LogP contribution in [0.25, 0.3) is 12.2 Å². The Labute approximate surface area is 130 Å². The van der Waals surface area contributed by atoms with E-state index in [1.807, 2.05) is 0 Å². The number of carboxylic acids is 1. The zero-order chi connectivity index (χ0) is 17.1. The second-order valence-corrected chi connectivity index (χ2v) is 5.12. The molecule has 1 heterocycles. The fourth-order valence-corrected chi connectivity index (χ4v) is 1.94. The molecule has 0 atom stereocenters. The summed E-state index contributed by atoms with van der Waals surface area (Å²) >= 11 is 0. The summed E-state index contributed by atoms with van der Waals surface area (Å²) in [5.74, 6) is -5.22. The number of aromatic nitrogens is 2. The van der Waals surface area contributed by atoms with Crippen molar-refractivity contribution in [2.24, 2.45) is 0 Å². The van der Waals surface area contributed by atoms with E-state index in [-0.39, 0.29) is 22.9 Å². The second kappa shape index (κ2) is 6.60. The van der Waals surface area contributed by atoms with Gasteiger partial charge in [0.1, 0.15) is 0 Å². The Hall–Kier alpha value is -2.70. The van der Waals surface area contributed by atoms with Crippen LogP contribution in [0.3, 0.4) is 0 Å². The van der Waals surface area contributed by atoms with E-state index in [0.717, 1.165) is 12.1 Å². The average molecular weight is 322 g/mol. The minimum Gasteiger partial charge on any atom is -0.478 e. The van der Waals surface area contributed by atoms with Crippen molar-refractivity contribution in [1.29, 1.82) is 0 Å². The van der Waals surface area contributed by atoms with Crippen LogP contribution >= 0.6 is 0 Å². The smallest absolute Gasteiger partial charge is 0.339 e. The number of rotatable bonds is 4. The van der Waals surface area contributed by atoms with Crippen molar-refractivity contribution in [2.45, 2.75) is 19.8 Å². The van der Waals surface area contributed by atoms with Crippen molar-refractivity contribution >= 4 is 18.1 Å².